The van der Waals surface area contributed by atoms with Crippen molar-refractivity contribution < 1.29 is 28.5 Å². The van der Waals surface area contributed by atoms with E-state index in [-0.39, 0.29) is 11.4 Å². The zero-order chi connectivity index (χ0) is 17.7. The normalized spacial score (nSPS) is 10.3. The van der Waals surface area contributed by atoms with Gasteiger partial charge in [-0.2, -0.15) is 0 Å². The molecule has 0 bridgehead atoms. The molecule has 0 radical (unpaired) electrons. The van der Waals surface area contributed by atoms with Crippen LogP contribution in [0.3, 0.4) is 0 Å². The second-order valence-corrected chi connectivity index (χ2v) is 4.53. The van der Waals surface area contributed by atoms with E-state index in [4.69, 9.17) is 9.47 Å². The van der Waals surface area contributed by atoms with Gasteiger partial charge in [-0.3, -0.25) is 0 Å². The molecule has 0 spiro atoms. The Morgan fingerprint density at radius 2 is 1.21 bits per heavy atom. The highest BCUT2D eigenvalue weighted by Crippen LogP contribution is 2.32. The van der Waals surface area contributed by atoms with E-state index in [9.17, 15) is 9.59 Å². The van der Waals surface area contributed by atoms with E-state index < -0.39 is 11.9 Å². The highest BCUT2D eigenvalue weighted by atomic mass is 16.5. The van der Waals surface area contributed by atoms with Crippen LogP contribution in [0.1, 0.15) is 34.8 Å². The van der Waals surface area contributed by atoms with Gasteiger partial charge in [-0.05, 0) is 26.0 Å². The van der Waals surface area contributed by atoms with Gasteiger partial charge in [0.2, 0.25) is 0 Å². The fourth-order valence-electron chi connectivity index (χ4n) is 2.11. The molecule has 1 aromatic carbocycles. The zero-order valence-corrected chi connectivity index (χ0v) is 13.9. The Labute approximate surface area is 138 Å². The minimum absolute atomic E-state index is 0.244. The third kappa shape index (κ3) is 3.22. The van der Waals surface area contributed by atoms with Crippen LogP contribution in [0.4, 0.5) is 0 Å². The highest BCUT2D eigenvalue weighted by molar-refractivity contribution is 6.03. The van der Waals surface area contributed by atoms with E-state index in [2.05, 4.69) is 19.4 Å². The van der Waals surface area contributed by atoms with Crippen LogP contribution in [0.2, 0.25) is 0 Å². The number of carbonyl (C=O) groups excluding carboxylic acids is 2. The molecular formula is C16H18N2O6. The number of hydrogen-bond donors (Lipinski definition) is 0. The number of rotatable bonds is 6. The first-order valence-electron chi connectivity index (χ1n) is 7.34. The number of carbonyl (C=O) groups is 2. The number of nitrogens with zero attached hydrogens (tertiary/aromatic N) is 2. The molecule has 8 nitrogen and oxygen atoms in total. The topological polar surface area (TPSA) is 96.8 Å². The summed E-state index contributed by atoms with van der Waals surface area (Å²) in [5.74, 6) is -0.752. The number of hydrogen-bond acceptors (Lipinski definition) is 8. The second kappa shape index (κ2) is 7.58. The SMILES string of the molecule is CCOc1ccc(OCC)c2nc(C(=O)OC)c(C(=O)OC)nc12. The second-order valence-electron chi connectivity index (χ2n) is 4.53. The average Bonchev–Trinajstić information content (AvgIpc) is 2.61. The Morgan fingerprint density at radius 3 is 1.50 bits per heavy atom. The molecule has 0 aliphatic heterocycles. The van der Waals surface area contributed by atoms with Crippen LogP contribution in [-0.2, 0) is 9.47 Å². The van der Waals surface area contributed by atoms with Gasteiger partial charge in [-0.1, -0.05) is 0 Å². The van der Waals surface area contributed by atoms with Crippen LogP contribution in [0.5, 0.6) is 11.5 Å². The van der Waals surface area contributed by atoms with E-state index in [1.165, 1.54) is 14.2 Å². The van der Waals surface area contributed by atoms with E-state index in [0.717, 1.165) is 0 Å². The number of fused-ring (bicyclic) bond motifs is 1. The van der Waals surface area contributed by atoms with Gasteiger partial charge >= 0.3 is 11.9 Å². The average molecular weight is 334 g/mol. The lowest BCUT2D eigenvalue weighted by Crippen LogP contribution is -2.17. The molecule has 2 aromatic rings. The summed E-state index contributed by atoms with van der Waals surface area (Å²) in [5, 5.41) is 0. The summed E-state index contributed by atoms with van der Waals surface area (Å²) in [4.78, 5) is 32.4. The van der Waals surface area contributed by atoms with Gasteiger partial charge in [0.05, 0.1) is 27.4 Å². The molecule has 1 heterocycles. The molecule has 0 saturated carbocycles. The fourth-order valence-corrected chi connectivity index (χ4v) is 2.11. The minimum Gasteiger partial charge on any atom is -0.492 e. The van der Waals surface area contributed by atoms with Gasteiger partial charge in [0.1, 0.15) is 22.5 Å². The molecule has 2 rings (SSSR count). The molecule has 0 saturated heterocycles. The molecule has 0 N–H and O–H groups in total. The first kappa shape index (κ1) is 17.5. The Kier molecular flexibility index (Phi) is 5.51. The predicted octanol–water partition coefficient (Wildman–Crippen LogP) is 2.00. The Morgan fingerprint density at radius 1 is 0.833 bits per heavy atom. The third-order valence-corrected chi connectivity index (χ3v) is 3.11. The van der Waals surface area contributed by atoms with Crippen molar-refractivity contribution in [3.8, 4) is 11.5 Å². The van der Waals surface area contributed by atoms with Crippen molar-refractivity contribution in [2.24, 2.45) is 0 Å². The molecular weight excluding hydrogens is 316 g/mol. The molecule has 128 valence electrons. The molecule has 0 aliphatic carbocycles. The molecule has 0 amide bonds. The van der Waals surface area contributed by atoms with E-state index in [0.29, 0.717) is 35.7 Å². The number of ether oxygens (including phenoxy) is 4. The summed E-state index contributed by atoms with van der Waals surface area (Å²) < 4.78 is 20.4. The molecule has 8 heteroatoms. The first-order chi connectivity index (χ1) is 11.6. The maximum Gasteiger partial charge on any atom is 0.359 e. The van der Waals surface area contributed by atoms with Crippen LogP contribution >= 0.6 is 0 Å². The van der Waals surface area contributed by atoms with Crippen molar-refractivity contribution in [2.45, 2.75) is 13.8 Å². The minimum atomic E-state index is -0.797. The quantitative estimate of drug-likeness (QED) is 0.740. The summed E-state index contributed by atoms with van der Waals surface area (Å²) >= 11 is 0. The number of benzene rings is 1. The largest absolute Gasteiger partial charge is 0.492 e. The molecule has 0 aliphatic rings. The van der Waals surface area contributed by atoms with Gasteiger partial charge in [0.25, 0.3) is 0 Å². The van der Waals surface area contributed by atoms with Crippen LogP contribution < -0.4 is 9.47 Å². The van der Waals surface area contributed by atoms with Crippen LogP contribution in [0.15, 0.2) is 12.1 Å². The molecule has 0 fully saturated rings. The van der Waals surface area contributed by atoms with E-state index >= 15 is 0 Å². The Hall–Kier alpha value is -2.90. The van der Waals surface area contributed by atoms with Crippen LogP contribution in [-0.4, -0.2) is 49.3 Å². The summed E-state index contributed by atoms with van der Waals surface area (Å²) in [7, 11) is 2.38. The van der Waals surface area contributed by atoms with Crippen LogP contribution in [0, 0.1) is 0 Å². The maximum absolute atomic E-state index is 12.0. The van der Waals surface area contributed by atoms with E-state index in [1.807, 2.05) is 13.8 Å². The van der Waals surface area contributed by atoms with Crippen molar-refractivity contribution in [1.29, 1.82) is 0 Å². The molecule has 0 atom stereocenters. The van der Waals surface area contributed by atoms with Gasteiger partial charge in [0, 0.05) is 0 Å². The van der Waals surface area contributed by atoms with E-state index in [1.54, 1.807) is 12.1 Å². The van der Waals surface area contributed by atoms with Crippen molar-refractivity contribution in [1.82, 2.24) is 9.97 Å². The highest BCUT2D eigenvalue weighted by Gasteiger charge is 2.25. The lowest BCUT2D eigenvalue weighted by molar-refractivity contribution is 0.0545. The zero-order valence-electron chi connectivity index (χ0n) is 13.9. The van der Waals surface area contributed by atoms with Crippen molar-refractivity contribution in [3.05, 3.63) is 23.5 Å². The molecule has 1 aromatic heterocycles. The number of methoxy groups -OCH3 is 2. The number of esters is 2. The predicted molar refractivity (Wildman–Crippen MR) is 84.6 cm³/mol. The Bertz CT molecular complexity index is 710. The maximum atomic E-state index is 12.0. The van der Waals surface area contributed by atoms with Gasteiger partial charge in [0.15, 0.2) is 11.4 Å². The summed E-state index contributed by atoms with van der Waals surface area (Å²) in [6, 6.07) is 3.34. The van der Waals surface area contributed by atoms with Gasteiger partial charge < -0.3 is 18.9 Å². The standard InChI is InChI=1S/C16H18N2O6/c1-5-23-9-7-8-10(24-6-2)12-11(9)17-13(15(19)21-3)14(18-12)16(20)22-4/h7-8H,5-6H2,1-4H3. The number of aromatic nitrogens is 2. The smallest absolute Gasteiger partial charge is 0.359 e. The third-order valence-electron chi connectivity index (χ3n) is 3.11. The van der Waals surface area contributed by atoms with Crippen LogP contribution in [0.25, 0.3) is 11.0 Å². The monoisotopic (exact) mass is 334 g/mol. The summed E-state index contributed by atoms with van der Waals surface area (Å²) in [6.07, 6.45) is 0. The summed E-state index contributed by atoms with van der Waals surface area (Å²) in [5.41, 5.74) is 0.115. The first-order valence-corrected chi connectivity index (χ1v) is 7.34. The lowest BCUT2D eigenvalue weighted by Gasteiger charge is -2.13. The molecule has 24 heavy (non-hydrogen) atoms. The van der Waals surface area contributed by atoms with Crippen molar-refractivity contribution in [3.63, 3.8) is 0 Å². The molecule has 0 unspecified atom stereocenters. The Balaban J connectivity index is 2.82. The van der Waals surface area contributed by atoms with Crippen molar-refractivity contribution in [2.75, 3.05) is 27.4 Å². The fraction of sp³-hybridized carbons (Fsp3) is 0.375. The van der Waals surface area contributed by atoms with Gasteiger partial charge in [-0.15, -0.1) is 0 Å². The van der Waals surface area contributed by atoms with Gasteiger partial charge in [-0.25, -0.2) is 19.6 Å². The summed E-state index contributed by atoms with van der Waals surface area (Å²) in [6.45, 7) is 4.44. The lowest BCUT2D eigenvalue weighted by atomic mass is 10.2. The van der Waals surface area contributed by atoms with Crippen molar-refractivity contribution >= 4 is 23.0 Å².